The molecule has 0 bridgehead atoms. The molecule has 1 heterocycles. The summed E-state index contributed by atoms with van der Waals surface area (Å²) in [6.45, 7) is 11.4. The predicted molar refractivity (Wildman–Crippen MR) is 81.4 cm³/mol. The maximum absolute atomic E-state index is 6.34. The topological polar surface area (TPSA) is 21.3 Å². The molecule has 0 radical (unpaired) electrons. The van der Waals surface area contributed by atoms with Gasteiger partial charge in [0.2, 0.25) is 0 Å². The Balaban J connectivity index is 2.27. The van der Waals surface area contributed by atoms with Gasteiger partial charge < -0.3 is 10.1 Å². The lowest BCUT2D eigenvalue weighted by atomic mass is 9.66. The molecule has 2 atom stereocenters. The first kappa shape index (κ1) is 15.3. The van der Waals surface area contributed by atoms with Gasteiger partial charge in [-0.25, -0.2) is 0 Å². The van der Waals surface area contributed by atoms with Crippen molar-refractivity contribution in [2.24, 2.45) is 11.3 Å². The Kier molecular flexibility index (Phi) is 4.06. The number of ether oxygens (including phenoxy) is 1. The SMILES string of the molecule is CCC1(C(NC)C2CC(C)(C)OC2(C)C)CCCC1. The molecule has 0 spiro atoms. The van der Waals surface area contributed by atoms with E-state index >= 15 is 0 Å². The van der Waals surface area contributed by atoms with Gasteiger partial charge in [-0.15, -0.1) is 0 Å². The van der Waals surface area contributed by atoms with E-state index in [1.165, 1.54) is 38.5 Å². The highest BCUT2D eigenvalue weighted by molar-refractivity contribution is 5.06. The minimum Gasteiger partial charge on any atom is -0.369 e. The summed E-state index contributed by atoms with van der Waals surface area (Å²) in [5.74, 6) is 0.616. The molecule has 0 amide bonds. The molecule has 2 aliphatic rings. The normalized spacial score (nSPS) is 33.5. The fourth-order valence-corrected chi connectivity index (χ4v) is 5.02. The van der Waals surface area contributed by atoms with Gasteiger partial charge in [-0.1, -0.05) is 19.8 Å². The molecule has 1 N–H and O–H groups in total. The second-order valence-electron chi connectivity index (χ2n) is 7.97. The van der Waals surface area contributed by atoms with Crippen LogP contribution in [0.1, 0.15) is 73.1 Å². The van der Waals surface area contributed by atoms with Crippen LogP contribution in [0.5, 0.6) is 0 Å². The van der Waals surface area contributed by atoms with Crippen LogP contribution in [0, 0.1) is 11.3 Å². The third kappa shape index (κ3) is 2.71. The van der Waals surface area contributed by atoms with E-state index in [2.05, 4.69) is 47.0 Å². The highest BCUT2D eigenvalue weighted by Gasteiger charge is 2.54. The molecule has 1 saturated carbocycles. The van der Waals surface area contributed by atoms with Gasteiger partial charge in [-0.3, -0.25) is 0 Å². The first-order chi connectivity index (χ1) is 8.76. The maximum atomic E-state index is 6.34. The monoisotopic (exact) mass is 267 g/mol. The largest absolute Gasteiger partial charge is 0.369 e. The number of nitrogens with one attached hydrogen (secondary N) is 1. The molecular weight excluding hydrogens is 234 g/mol. The molecule has 2 heteroatoms. The lowest BCUT2D eigenvalue weighted by molar-refractivity contribution is -0.0830. The minimum absolute atomic E-state index is 0.0120. The predicted octanol–water partition coefficient (Wildman–Crippen LogP) is 4.14. The zero-order chi connectivity index (χ0) is 14.3. The molecule has 0 aromatic carbocycles. The van der Waals surface area contributed by atoms with Crippen molar-refractivity contribution in [1.29, 1.82) is 0 Å². The summed E-state index contributed by atoms with van der Waals surface area (Å²) in [6.07, 6.45) is 8.07. The van der Waals surface area contributed by atoms with E-state index < -0.39 is 0 Å². The zero-order valence-electron chi connectivity index (χ0n) is 13.8. The van der Waals surface area contributed by atoms with Crippen molar-refractivity contribution in [3.8, 4) is 0 Å². The number of hydrogen-bond acceptors (Lipinski definition) is 2. The van der Waals surface area contributed by atoms with Crippen LogP contribution in [0.3, 0.4) is 0 Å². The molecule has 112 valence electrons. The van der Waals surface area contributed by atoms with Gasteiger partial charge in [-0.05, 0) is 65.8 Å². The summed E-state index contributed by atoms with van der Waals surface area (Å²) < 4.78 is 6.34. The Bertz CT molecular complexity index is 315. The van der Waals surface area contributed by atoms with Crippen molar-refractivity contribution in [2.45, 2.75) is 90.4 Å². The Morgan fingerprint density at radius 2 is 1.74 bits per heavy atom. The lowest BCUT2D eigenvalue weighted by Gasteiger charge is -2.44. The molecule has 1 aliphatic carbocycles. The van der Waals surface area contributed by atoms with E-state index in [-0.39, 0.29) is 11.2 Å². The minimum atomic E-state index is -0.0120. The summed E-state index contributed by atoms with van der Waals surface area (Å²) in [5, 5.41) is 3.69. The van der Waals surface area contributed by atoms with Crippen LogP contribution < -0.4 is 5.32 Å². The van der Waals surface area contributed by atoms with Gasteiger partial charge in [0.1, 0.15) is 0 Å². The van der Waals surface area contributed by atoms with Gasteiger partial charge in [-0.2, -0.15) is 0 Å². The average Bonchev–Trinajstić information content (AvgIpc) is 2.84. The molecule has 2 nitrogen and oxygen atoms in total. The van der Waals surface area contributed by atoms with Crippen LogP contribution in [0.25, 0.3) is 0 Å². The smallest absolute Gasteiger partial charge is 0.0677 e. The molecule has 19 heavy (non-hydrogen) atoms. The van der Waals surface area contributed by atoms with E-state index in [1.807, 2.05) is 0 Å². The van der Waals surface area contributed by atoms with Crippen LogP contribution in [0.4, 0.5) is 0 Å². The highest BCUT2D eigenvalue weighted by atomic mass is 16.5. The fraction of sp³-hybridized carbons (Fsp3) is 1.00. The summed E-state index contributed by atoms with van der Waals surface area (Å²) in [5.41, 5.74) is 0.513. The molecular formula is C17H33NO. The first-order valence-electron chi connectivity index (χ1n) is 8.14. The van der Waals surface area contributed by atoms with Gasteiger partial charge >= 0.3 is 0 Å². The van der Waals surface area contributed by atoms with Crippen molar-refractivity contribution in [1.82, 2.24) is 5.32 Å². The maximum Gasteiger partial charge on any atom is 0.0677 e. The third-order valence-corrected chi connectivity index (χ3v) is 5.82. The molecule has 2 fully saturated rings. The number of rotatable bonds is 4. The van der Waals surface area contributed by atoms with Crippen molar-refractivity contribution >= 4 is 0 Å². The average molecular weight is 267 g/mol. The van der Waals surface area contributed by atoms with Crippen molar-refractivity contribution in [2.75, 3.05) is 7.05 Å². The number of hydrogen-bond donors (Lipinski definition) is 1. The first-order valence-corrected chi connectivity index (χ1v) is 8.14. The van der Waals surface area contributed by atoms with Crippen molar-refractivity contribution < 1.29 is 4.74 Å². The standard InChI is InChI=1S/C17H33NO/c1-7-17(10-8-9-11-17)14(18-6)13-12-15(2,3)19-16(13,4)5/h13-14,18H,7-12H2,1-6H3. The van der Waals surface area contributed by atoms with E-state index in [0.717, 1.165) is 0 Å². The van der Waals surface area contributed by atoms with Crippen LogP contribution in [0.2, 0.25) is 0 Å². The van der Waals surface area contributed by atoms with Gasteiger partial charge in [0, 0.05) is 12.0 Å². The molecule has 0 aromatic rings. The second kappa shape index (κ2) is 5.04. The Labute approximate surface area is 119 Å². The highest BCUT2D eigenvalue weighted by Crippen LogP contribution is 2.52. The van der Waals surface area contributed by atoms with Gasteiger partial charge in [0.25, 0.3) is 0 Å². The Morgan fingerprint density at radius 3 is 2.11 bits per heavy atom. The Hall–Kier alpha value is -0.0800. The third-order valence-electron chi connectivity index (χ3n) is 5.82. The van der Waals surface area contributed by atoms with Crippen molar-refractivity contribution in [3.63, 3.8) is 0 Å². The van der Waals surface area contributed by atoms with E-state index in [4.69, 9.17) is 4.74 Å². The second-order valence-corrected chi connectivity index (χ2v) is 7.97. The zero-order valence-corrected chi connectivity index (χ0v) is 13.8. The van der Waals surface area contributed by atoms with Crippen LogP contribution in [-0.4, -0.2) is 24.3 Å². The summed E-state index contributed by atoms with van der Waals surface area (Å²) in [6, 6.07) is 0.594. The molecule has 2 rings (SSSR count). The quantitative estimate of drug-likeness (QED) is 0.826. The molecule has 0 aromatic heterocycles. The van der Waals surface area contributed by atoms with E-state index in [1.54, 1.807) is 0 Å². The van der Waals surface area contributed by atoms with Gasteiger partial charge in [0.15, 0.2) is 0 Å². The van der Waals surface area contributed by atoms with E-state index in [0.29, 0.717) is 17.4 Å². The summed E-state index contributed by atoms with van der Waals surface area (Å²) in [7, 11) is 2.15. The van der Waals surface area contributed by atoms with Crippen molar-refractivity contribution in [3.05, 3.63) is 0 Å². The summed E-state index contributed by atoms with van der Waals surface area (Å²) in [4.78, 5) is 0. The van der Waals surface area contributed by atoms with Crippen LogP contribution in [-0.2, 0) is 4.74 Å². The van der Waals surface area contributed by atoms with Gasteiger partial charge in [0.05, 0.1) is 11.2 Å². The van der Waals surface area contributed by atoms with E-state index in [9.17, 15) is 0 Å². The molecule has 1 saturated heterocycles. The lowest BCUT2D eigenvalue weighted by Crippen LogP contribution is -2.52. The fourth-order valence-electron chi connectivity index (χ4n) is 5.02. The van der Waals surface area contributed by atoms with Crippen LogP contribution in [0.15, 0.2) is 0 Å². The summed E-state index contributed by atoms with van der Waals surface area (Å²) >= 11 is 0. The molecule has 2 unspecified atom stereocenters. The molecule has 1 aliphatic heterocycles. The van der Waals surface area contributed by atoms with Crippen LogP contribution >= 0.6 is 0 Å². The Morgan fingerprint density at radius 1 is 1.16 bits per heavy atom.